The average molecular weight is 507 g/mol. The molecule has 2 aromatic carbocycles. The van der Waals surface area contributed by atoms with E-state index in [0.717, 1.165) is 17.3 Å². The Labute approximate surface area is 191 Å². The van der Waals surface area contributed by atoms with Gasteiger partial charge in [-0.25, -0.2) is 0 Å². The summed E-state index contributed by atoms with van der Waals surface area (Å²) in [5, 5.41) is 10.5. The molecule has 1 saturated heterocycles. The number of halogens is 1. The molecule has 162 valence electrons. The molecular formula is C21H19BrN2O6S. The number of imide groups is 1. The standard InChI is InChI=1S/C21H19BrN2O6S/c1-12(2)23-20(25)18(31-21(23)26)10-14-8-16(22)19(17(9-14)29-3)30-11-13-4-6-15(7-5-13)24(27)28/h4-10,12H,11H2,1-3H3/b18-10+. The minimum absolute atomic E-state index is 0.00810. The van der Waals surface area contributed by atoms with Gasteiger partial charge in [0.1, 0.15) is 6.61 Å². The zero-order valence-corrected chi connectivity index (χ0v) is 19.4. The largest absolute Gasteiger partial charge is 0.493 e. The summed E-state index contributed by atoms with van der Waals surface area (Å²) in [6.45, 7) is 3.76. The van der Waals surface area contributed by atoms with Gasteiger partial charge in [-0.15, -0.1) is 0 Å². The number of nitrogens with zero attached hydrogens (tertiary/aromatic N) is 2. The zero-order valence-electron chi connectivity index (χ0n) is 17.0. The number of benzene rings is 2. The molecule has 10 heteroatoms. The van der Waals surface area contributed by atoms with Gasteiger partial charge in [0.2, 0.25) is 0 Å². The third kappa shape index (κ3) is 5.08. The highest BCUT2D eigenvalue weighted by Gasteiger charge is 2.36. The van der Waals surface area contributed by atoms with Crippen molar-refractivity contribution >= 4 is 50.6 Å². The number of carbonyl (C=O) groups is 2. The first-order valence-electron chi connectivity index (χ1n) is 9.22. The van der Waals surface area contributed by atoms with E-state index in [0.29, 0.717) is 26.4 Å². The predicted octanol–water partition coefficient (Wildman–Crippen LogP) is 5.39. The molecule has 31 heavy (non-hydrogen) atoms. The van der Waals surface area contributed by atoms with Crippen molar-refractivity contribution in [2.45, 2.75) is 26.5 Å². The maximum atomic E-state index is 12.5. The van der Waals surface area contributed by atoms with Gasteiger partial charge in [-0.1, -0.05) is 0 Å². The van der Waals surface area contributed by atoms with E-state index in [1.54, 1.807) is 44.2 Å². The van der Waals surface area contributed by atoms with Crippen LogP contribution < -0.4 is 9.47 Å². The molecule has 8 nitrogen and oxygen atoms in total. The number of hydrogen-bond donors (Lipinski definition) is 0. The molecule has 0 radical (unpaired) electrons. The van der Waals surface area contributed by atoms with E-state index in [9.17, 15) is 19.7 Å². The maximum Gasteiger partial charge on any atom is 0.293 e. The molecule has 0 N–H and O–H groups in total. The van der Waals surface area contributed by atoms with E-state index in [-0.39, 0.29) is 29.5 Å². The minimum atomic E-state index is -0.460. The molecule has 0 aromatic heterocycles. The second-order valence-corrected chi connectivity index (χ2v) is 8.74. The fourth-order valence-corrected chi connectivity index (χ4v) is 4.44. The van der Waals surface area contributed by atoms with E-state index in [1.165, 1.54) is 24.1 Å². The monoisotopic (exact) mass is 506 g/mol. The fraction of sp³-hybridized carbons (Fsp3) is 0.238. The number of amides is 2. The van der Waals surface area contributed by atoms with Gasteiger partial charge in [-0.2, -0.15) is 0 Å². The van der Waals surface area contributed by atoms with Crippen molar-refractivity contribution in [1.29, 1.82) is 0 Å². The topological polar surface area (TPSA) is 99.0 Å². The Morgan fingerprint density at radius 3 is 2.45 bits per heavy atom. The van der Waals surface area contributed by atoms with Crippen molar-refractivity contribution in [1.82, 2.24) is 4.90 Å². The highest BCUT2D eigenvalue weighted by molar-refractivity contribution is 9.10. The van der Waals surface area contributed by atoms with Crippen LogP contribution in [0.2, 0.25) is 0 Å². The lowest BCUT2D eigenvalue weighted by molar-refractivity contribution is -0.384. The van der Waals surface area contributed by atoms with Crippen LogP contribution in [-0.4, -0.2) is 34.1 Å². The van der Waals surface area contributed by atoms with E-state index in [1.807, 2.05) is 0 Å². The molecule has 1 aliphatic rings. The van der Waals surface area contributed by atoms with Crippen LogP contribution in [0, 0.1) is 10.1 Å². The summed E-state index contributed by atoms with van der Waals surface area (Å²) in [4.78, 5) is 36.5. The molecule has 2 aromatic rings. The summed E-state index contributed by atoms with van der Waals surface area (Å²) in [7, 11) is 1.50. The van der Waals surface area contributed by atoms with Gasteiger partial charge in [0.25, 0.3) is 16.8 Å². The minimum Gasteiger partial charge on any atom is -0.493 e. The normalized spacial score (nSPS) is 15.1. The summed E-state index contributed by atoms with van der Waals surface area (Å²) >= 11 is 4.36. The lowest BCUT2D eigenvalue weighted by Gasteiger charge is -2.16. The highest BCUT2D eigenvalue weighted by Crippen LogP contribution is 2.39. The van der Waals surface area contributed by atoms with Gasteiger partial charge in [0.05, 0.1) is 21.4 Å². The fourth-order valence-electron chi connectivity index (χ4n) is 2.91. The number of thioether (sulfide) groups is 1. The van der Waals surface area contributed by atoms with Gasteiger partial charge in [0, 0.05) is 18.2 Å². The number of methoxy groups -OCH3 is 1. The Kier molecular flexibility index (Phi) is 7.01. The summed E-state index contributed by atoms with van der Waals surface area (Å²) in [5.74, 6) is 0.567. The number of nitro groups is 1. The molecule has 0 saturated carbocycles. The Balaban J connectivity index is 1.81. The second-order valence-electron chi connectivity index (χ2n) is 6.89. The van der Waals surface area contributed by atoms with Crippen LogP contribution in [0.4, 0.5) is 10.5 Å². The van der Waals surface area contributed by atoms with Gasteiger partial charge < -0.3 is 9.47 Å². The van der Waals surface area contributed by atoms with Crippen LogP contribution in [0.1, 0.15) is 25.0 Å². The third-order valence-electron chi connectivity index (χ3n) is 4.42. The Hall–Kier alpha value is -2.85. The number of hydrogen-bond acceptors (Lipinski definition) is 7. The van der Waals surface area contributed by atoms with Crippen LogP contribution in [0.5, 0.6) is 11.5 Å². The first kappa shape index (κ1) is 22.8. The number of carbonyl (C=O) groups excluding carboxylic acids is 2. The van der Waals surface area contributed by atoms with E-state index < -0.39 is 4.92 Å². The zero-order chi connectivity index (χ0) is 22.7. The summed E-state index contributed by atoms with van der Waals surface area (Å²) < 4.78 is 11.9. The molecule has 0 aliphatic carbocycles. The molecule has 1 heterocycles. The van der Waals surface area contributed by atoms with Crippen molar-refractivity contribution in [2.75, 3.05) is 7.11 Å². The van der Waals surface area contributed by atoms with Gasteiger partial charge in [-0.3, -0.25) is 24.6 Å². The average Bonchev–Trinajstić information content (AvgIpc) is 3.00. The third-order valence-corrected chi connectivity index (χ3v) is 5.89. The number of non-ortho nitro benzene ring substituents is 1. The predicted molar refractivity (Wildman–Crippen MR) is 121 cm³/mol. The van der Waals surface area contributed by atoms with Gasteiger partial charge >= 0.3 is 0 Å². The van der Waals surface area contributed by atoms with Gasteiger partial charge in [-0.05, 0) is 83.0 Å². The highest BCUT2D eigenvalue weighted by atomic mass is 79.9. The van der Waals surface area contributed by atoms with Crippen LogP contribution >= 0.6 is 27.7 Å². The van der Waals surface area contributed by atoms with Crippen molar-refractivity contribution in [3.05, 3.63) is 67.0 Å². The smallest absolute Gasteiger partial charge is 0.293 e. The molecule has 0 unspecified atom stereocenters. The molecule has 1 aliphatic heterocycles. The molecule has 0 atom stereocenters. The summed E-state index contributed by atoms with van der Waals surface area (Å²) in [6.07, 6.45) is 1.64. The van der Waals surface area contributed by atoms with E-state index in [2.05, 4.69) is 15.9 Å². The molecule has 0 bridgehead atoms. The SMILES string of the molecule is COc1cc(/C=C2/SC(=O)N(C(C)C)C2=O)cc(Br)c1OCc1ccc([N+](=O)[O-])cc1. The molecule has 2 amide bonds. The van der Waals surface area contributed by atoms with Crippen LogP contribution in [-0.2, 0) is 11.4 Å². The van der Waals surface area contributed by atoms with Crippen molar-refractivity contribution < 1.29 is 24.0 Å². The van der Waals surface area contributed by atoms with E-state index in [4.69, 9.17) is 9.47 Å². The maximum absolute atomic E-state index is 12.5. The lowest BCUT2D eigenvalue weighted by Crippen LogP contribution is -2.34. The molecule has 0 spiro atoms. The van der Waals surface area contributed by atoms with Crippen LogP contribution in [0.3, 0.4) is 0 Å². The molecule has 3 rings (SSSR count). The Morgan fingerprint density at radius 1 is 1.23 bits per heavy atom. The van der Waals surface area contributed by atoms with E-state index >= 15 is 0 Å². The van der Waals surface area contributed by atoms with Crippen molar-refractivity contribution in [3.63, 3.8) is 0 Å². The van der Waals surface area contributed by atoms with Crippen molar-refractivity contribution in [3.8, 4) is 11.5 Å². The first-order chi connectivity index (χ1) is 14.7. The second kappa shape index (κ2) is 9.52. The quantitative estimate of drug-likeness (QED) is 0.282. The number of ether oxygens (including phenoxy) is 2. The molecule has 1 fully saturated rings. The Bertz CT molecular complexity index is 1070. The number of nitro benzene ring substituents is 1. The van der Waals surface area contributed by atoms with Crippen LogP contribution in [0.15, 0.2) is 45.8 Å². The first-order valence-corrected chi connectivity index (χ1v) is 10.8. The molecular weight excluding hydrogens is 488 g/mol. The number of rotatable bonds is 7. The van der Waals surface area contributed by atoms with Crippen molar-refractivity contribution in [2.24, 2.45) is 0 Å². The lowest BCUT2D eigenvalue weighted by atomic mass is 10.1. The van der Waals surface area contributed by atoms with Gasteiger partial charge in [0.15, 0.2) is 11.5 Å². The summed E-state index contributed by atoms with van der Waals surface area (Å²) in [5.41, 5.74) is 1.43. The Morgan fingerprint density at radius 2 is 1.90 bits per heavy atom. The van der Waals surface area contributed by atoms with Crippen LogP contribution in [0.25, 0.3) is 6.08 Å². The summed E-state index contributed by atoms with van der Waals surface area (Å²) in [6, 6.07) is 9.33.